The molecule has 1 aliphatic carbocycles. The Kier molecular flexibility index (Phi) is 13.2. The van der Waals surface area contributed by atoms with Gasteiger partial charge < -0.3 is 14.2 Å². The number of unbranched alkanes of at least 4 members (excludes halogenated alkanes) is 6. The fraction of sp³-hybridized carbons (Fsp3) is 0.905. The Morgan fingerprint density at radius 1 is 0.731 bits per heavy atom. The molecule has 0 N–H and O–H groups in total. The van der Waals surface area contributed by atoms with E-state index < -0.39 is 0 Å². The monoisotopic (exact) mass is 370 g/mol. The van der Waals surface area contributed by atoms with Crippen LogP contribution in [0.5, 0.6) is 0 Å². The molecule has 0 aromatic carbocycles. The summed E-state index contributed by atoms with van der Waals surface area (Å²) in [5.41, 5.74) is 0. The van der Waals surface area contributed by atoms with E-state index in [-0.39, 0.29) is 30.4 Å². The minimum absolute atomic E-state index is 0.220. The first-order chi connectivity index (χ1) is 12.7. The van der Waals surface area contributed by atoms with Crippen molar-refractivity contribution in [1.82, 2.24) is 0 Å². The van der Waals surface area contributed by atoms with E-state index in [1.807, 2.05) is 6.92 Å². The van der Waals surface area contributed by atoms with Crippen molar-refractivity contribution in [2.45, 2.75) is 84.5 Å². The second-order valence-corrected chi connectivity index (χ2v) is 7.15. The number of hydrogen-bond donors (Lipinski definition) is 0. The van der Waals surface area contributed by atoms with Crippen LogP contribution in [0.3, 0.4) is 0 Å². The second-order valence-electron chi connectivity index (χ2n) is 7.15. The lowest BCUT2D eigenvalue weighted by molar-refractivity contribution is -0.163. The van der Waals surface area contributed by atoms with Gasteiger partial charge in [0.15, 0.2) is 0 Å². The molecular weight excluding hydrogens is 332 g/mol. The predicted octanol–water partition coefficient (Wildman–Crippen LogP) is 4.67. The summed E-state index contributed by atoms with van der Waals surface area (Å²) >= 11 is 0. The Morgan fingerprint density at radius 3 is 1.85 bits per heavy atom. The highest BCUT2D eigenvalue weighted by Gasteiger charge is 2.37. The molecule has 2 unspecified atom stereocenters. The Morgan fingerprint density at radius 2 is 1.27 bits per heavy atom. The lowest BCUT2D eigenvalue weighted by Crippen LogP contribution is -2.35. The van der Waals surface area contributed by atoms with E-state index in [4.69, 9.17) is 14.2 Å². The van der Waals surface area contributed by atoms with Crippen LogP contribution in [-0.4, -0.2) is 38.4 Å². The topological polar surface area (TPSA) is 61.8 Å². The molecule has 2 atom stereocenters. The fourth-order valence-electron chi connectivity index (χ4n) is 3.49. The summed E-state index contributed by atoms with van der Waals surface area (Å²) < 4.78 is 15.9. The standard InChI is InChI=1S/C21H38O5/c1-3-5-6-7-8-9-12-15-25-20(22)18-13-10-11-14-19(18)21(23)26-17-16-24-4-2/h18-19H,3-17H2,1-2H3. The van der Waals surface area contributed by atoms with Crippen molar-refractivity contribution in [1.29, 1.82) is 0 Å². The molecule has 0 amide bonds. The predicted molar refractivity (Wildman–Crippen MR) is 102 cm³/mol. The van der Waals surface area contributed by atoms with Gasteiger partial charge in [-0.05, 0) is 26.2 Å². The molecule has 0 radical (unpaired) electrons. The van der Waals surface area contributed by atoms with Gasteiger partial charge in [-0.3, -0.25) is 9.59 Å². The Balaban J connectivity index is 2.25. The van der Waals surface area contributed by atoms with E-state index in [1.165, 1.54) is 32.1 Å². The second kappa shape index (κ2) is 15.0. The summed E-state index contributed by atoms with van der Waals surface area (Å²) in [4.78, 5) is 24.7. The smallest absolute Gasteiger partial charge is 0.309 e. The van der Waals surface area contributed by atoms with E-state index >= 15 is 0 Å². The van der Waals surface area contributed by atoms with Gasteiger partial charge in [-0.1, -0.05) is 58.3 Å². The number of esters is 2. The van der Waals surface area contributed by atoms with E-state index in [2.05, 4.69) is 6.92 Å². The molecule has 1 aliphatic rings. The van der Waals surface area contributed by atoms with Crippen LogP contribution in [0.1, 0.15) is 84.5 Å². The van der Waals surface area contributed by atoms with Crippen molar-refractivity contribution in [2.75, 3.05) is 26.4 Å². The van der Waals surface area contributed by atoms with Crippen molar-refractivity contribution in [3.63, 3.8) is 0 Å². The normalized spacial score (nSPS) is 19.9. The highest BCUT2D eigenvalue weighted by Crippen LogP contribution is 2.32. The van der Waals surface area contributed by atoms with Crippen molar-refractivity contribution in [3.05, 3.63) is 0 Å². The lowest BCUT2D eigenvalue weighted by atomic mass is 9.79. The molecule has 26 heavy (non-hydrogen) atoms. The zero-order valence-corrected chi connectivity index (χ0v) is 16.8. The Labute approximate surface area is 159 Å². The van der Waals surface area contributed by atoms with Gasteiger partial charge in [-0.2, -0.15) is 0 Å². The molecule has 5 heteroatoms. The van der Waals surface area contributed by atoms with Crippen LogP contribution in [0.15, 0.2) is 0 Å². The molecule has 0 aliphatic heterocycles. The fourth-order valence-corrected chi connectivity index (χ4v) is 3.49. The summed E-state index contributed by atoms with van der Waals surface area (Å²) in [6.45, 7) is 5.85. The summed E-state index contributed by atoms with van der Waals surface area (Å²) in [5, 5.41) is 0. The minimum atomic E-state index is -0.355. The third-order valence-corrected chi connectivity index (χ3v) is 5.04. The van der Waals surface area contributed by atoms with Gasteiger partial charge in [0, 0.05) is 6.61 Å². The molecule has 0 heterocycles. The molecule has 0 saturated heterocycles. The van der Waals surface area contributed by atoms with E-state index in [1.54, 1.807) is 0 Å². The van der Waals surface area contributed by atoms with Crippen LogP contribution in [0.4, 0.5) is 0 Å². The molecule has 152 valence electrons. The van der Waals surface area contributed by atoms with Crippen LogP contribution in [0, 0.1) is 11.8 Å². The number of carbonyl (C=O) groups excluding carboxylic acids is 2. The van der Waals surface area contributed by atoms with Crippen molar-refractivity contribution >= 4 is 11.9 Å². The summed E-state index contributed by atoms with van der Waals surface area (Å²) in [6.07, 6.45) is 11.7. The van der Waals surface area contributed by atoms with Gasteiger partial charge >= 0.3 is 11.9 Å². The average molecular weight is 371 g/mol. The van der Waals surface area contributed by atoms with Crippen LogP contribution < -0.4 is 0 Å². The van der Waals surface area contributed by atoms with Crippen LogP contribution in [0.25, 0.3) is 0 Å². The molecule has 0 aromatic rings. The largest absolute Gasteiger partial charge is 0.465 e. The average Bonchev–Trinajstić information content (AvgIpc) is 2.67. The van der Waals surface area contributed by atoms with Gasteiger partial charge in [0.25, 0.3) is 0 Å². The first-order valence-electron chi connectivity index (χ1n) is 10.6. The van der Waals surface area contributed by atoms with Gasteiger partial charge in [-0.15, -0.1) is 0 Å². The van der Waals surface area contributed by atoms with Gasteiger partial charge in [0.2, 0.25) is 0 Å². The molecule has 1 saturated carbocycles. The quantitative estimate of drug-likeness (QED) is 0.328. The number of hydrogen-bond acceptors (Lipinski definition) is 5. The maximum atomic E-state index is 12.4. The van der Waals surface area contributed by atoms with Gasteiger partial charge in [0.05, 0.1) is 25.0 Å². The summed E-state index contributed by atoms with van der Waals surface area (Å²) in [7, 11) is 0. The third kappa shape index (κ3) is 9.56. The van der Waals surface area contributed by atoms with E-state index in [0.717, 1.165) is 32.1 Å². The Bertz CT molecular complexity index is 383. The van der Waals surface area contributed by atoms with Crippen molar-refractivity contribution in [3.8, 4) is 0 Å². The summed E-state index contributed by atoms with van der Waals surface area (Å²) in [5.74, 6) is -1.19. The van der Waals surface area contributed by atoms with Crippen molar-refractivity contribution in [2.24, 2.45) is 11.8 Å². The van der Waals surface area contributed by atoms with E-state index in [9.17, 15) is 9.59 Å². The number of rotatable bonds is 14. The first kappa shape index (κ1) is 22.9. The van der Waals surface area contributed by atoms with E-state index in [0.29, 0.717) is 26.2 Å². The highest BCUT2D eigenvalue weighted by atomic mass is 16.6. The molecular formula is C21H38O5. The summed E-state index contributed by atoms with van der Waals surface area (Å²) in [6, 6.07) is 0. The molecule has 1 fully saturated rings. The molecule has 0 bridgehead atoms. The number of carbonyl (C=O) groups is 2. The molecule has 1 rings (SSSR count). The maximum absolute atomic E-state index is 12.4. The molecule has 5 nitrogen and oxygen atoms in total. The molecule has 0 spiro atoms. The lowest BCUT2D eigenvalue weighted by Gasteiger charge is -2.28. The minimum Gasteiger partial charge on any atom is -0.465 e. The zero-order valence-electron chi connectivity index (χ0n) is 16.8. The maximum Gasteiger partial charge on any atom is 0.309 e. The number of ether oxygens (including phenoxy) is 3. The SMILES string of the molecule is CCCCCCCCCOC(=O)C1CCCCC1C(=O)OCCOCC. The van der Waals surface area contributed by atoms with Gasteiger partial charge in [0.1, 0.15) is 6.61 Å². The van der Waals surface area contributed by atoms with Crippen molar-refractivity contribution < 1.29 is 23.8 Å². The van der Waals surface area contributed by atoms with Crippen LogP contribution in [0.2, 0.25) is 0 Å². The highest BCUT2D eigenvalue weighted by molar-refractivity contribution is 5.82. The third-order valence-electron chi connectivity index (χ3n) is 5.04. The zero-order chi connectivity index (χ0) is 19.0. The first-order valence-corrected chi connectivity index (χ1v) is 10.6. The van der Waals surface area contributed by atoms with Crippen LogP contribution >= 0.6 is 0 Å². The Hall–Kier alpha value is -1.10. The molecule has 0 aromatic heterocycles. The van der Waals surface area contributed by atoms with Crippen LogP contribution in [-0.2, 0) is 23.8 Å². The van der Waals surface area contributed by atoms with Gasteiger partial charge in [-0.25, -0.2) is 0 Å².